The molecule has 1 aliphatic heterocycles. The van der Waals surface area contributed by atoms with Crippen LogP contribution in [0.2, 0.25) is 0 Å². The number of methoxy groups -OCH3 is 1. The van der Waals surface area contributed by atoms with Gasteiger partial charge < -0.3 is 20.5 Å². The average molecular weight is 287 g/mol. The first kappa shape index (κ1) is 15.6. The van der Waals surface area contributed by atoms with E-state index >= 15 is 0 Å². The van der Waals surface area contributed by atoms with Gasteiger partial charge in [-0.1, -0.05) is 0 Å². The second-order valence-electron chi connectivity index (χ2n) is 4.39. The summed E-state index contributed by atoms with van der Waals surface area (Å²) in [5.41, 5.74) is 0.243. The number of hydrogen-bond donors (Lipinski definition) is 3. The molecule has 1 aromatic rings. The van der Waals surface area contributed by atoms with Crippen LogP contribution >= 0.6 is 12.4 Å². The molecule has 0 bridgehead atoms. The molecule has 0 radical (unpaired) electrons. The minimum Gasteiger partial charge on any atom is -0.507 e. The number of phenolic OH excluding ortho intramolecular Hbond substituents is 1. The van der Waals surface area contributed by atoms with Crippen LogP contribution in [0.15, 0.2) is 18.2 Å². The maximum Gasteiger partial charge on any atom is 0.255 e. The number of amides is 1. The van der Waals surface area contributed by atoms with Crippen LogP contribution in [-0.2, 0) is 0 Å². The van der Waals surface area contributed by atoms with Crippen molar-refractivity contribution in [2.24, 2.45) is 0 Å². The Bertz CT molecular complexity index is 434. The van der Waals surface area contributed by atoms with Crippen LogP contribution in [-0.4, -0.2) is 37.3 Å². The number of rotatable bonds is 4. The van der Waals surface area contributed by atoms with E-state index in [4.69, 9.17) is 4.74 Å². The van der Waals surface area contributed by atoms with Crippen LogP contribution in [0.4, 0.5) is 0 Å². The third-order valence-corrected chi connectivity index (χ3v) is 3.12. The molecule has 5 nitrogen and oxygen atoms in total. The van der Waals surface area contributed by atoms with Gasteiger partial charge in [0.15, 0.2) is 0 Å². The van der Waals surface area contributed by atoms with E-state index in [0.717, 1.165) is 19.4 Å². The Labute approximate surface area is 118 Å². The molecule has 19 heavy (non-hydrogen) atoms. The Morgan fingerprint density at radius 3 is 3.00 bits per heavy atom. The minimum absolute atomic E-state index is 0. The van der Waals surface area contributed by atoms with E-state index in [1.165, 1.54) is 19.2 Å². The molecule has 106 valence electrons. The molecule has 0 spiro atoms. The molecule has 0 saturated carbocycles. The van der Waals surface area contributed by atoms with Crippen LogP contribution in [0.5, 0.6) is 11.5 Å². The lowest BCUT2D eigenvalue weighted by Crippen LogP contribution is -2.37. The first-order valence-corrected chi connectivity index (χ1v) is 6.09. The van der Waals surface area contributed by atoms with E-state index in [2.05, 4.69) is 10.6 Å². The Morgan fingerprint density at radius 2 is 2.37 bits per heavy atom. The van der Waals surface area contributed by atoms with Gasteiger partial charge >= 0.3 is 0 Å². The van der Waals surface area contributed by atoms with Crippen molar-refractivity contribution < 1.29 is 14.6 Å². The Kier molecular flexibility index (Phi) is 5.92. The van der Waals surface area contributed by atoms with Gasteiger partial charge in [-0.2, -0.15) is 0 Å². The number of nitrogens with one attached hydrogen (secondary N) is 2. The molecular weight excluding hydrogens is 268 g/mol. The molecule has 1 aliphatic rings. The van der Waals surface area contributed by atoms with Crippen molar-refractivity contribution in [3.05, 3.63) is 23.8 Å². The zero-order chi connectivity index (χ0) is 13.0. The van der Waals surface area contributed by atoms with Gasteiger partial charge in [-0.15, -0.1) is 12.4 Å². The summed E-state index contributed by atoms with van der Waals surface area (Å²) >= 11 is 0. The minimum atomic E-state index is -0.278. The topological polar surface area (TPSA) is 70.6 Å². The third kappa shape index (κ3) is 4.01. The maximum absolute atomic E-state index is 11.9. The number of ether oxygens (including phenoxy) is 1. The number of phenols is 1. The second kappa shape index (κ2) is 7.21. The quantitative estimate of drug-likeness (QED) is 0.780. The van der Waals surface area contributed by atoms with E-state index in [9.17, 15) is 9.90 Å². The molecule has 2 rings (SSSR count). The van der Waals surface area contributed by atoms with Crippen molar-refractivity contribution in [1.29, 1.82) is 0 Å². The van der Waals surface area contributed by atoms with Gasteiger partial charge in [-0.25, -0.2) is 0 Å². The monoisotopic (exact) mass is 286 g/mol. The van der Waals surface area contributed by atoms with Gasteiger partial charge in [0.05, 0.1) is 12.7 Å². The van der Waals surface area contributed by atoms with E-state index in [0.29, 0.717) is 18.3 Å². The number of halogens is 1. The molecular formula is C13H19ClN2O3. The average Bonchev–Trinajstić information content (AvgIpc) is 2.89. The Hall–Kier alpha value is -1.46. The van der Waals surface area contributed by atoms with Crippen molar-refractivity contribution in [2.45, 2.75) is 18.9 Å². The van der Waals surface area contributed by atoms with E-state index < -0.39 is 0 Å². The number of carbonyl (C=O) groups excluding carboxylic acids is 1. The fourth-order valence-corrected chi connectivity index (χ4v) is 2.07. The fraction of sp³-hybridized carbons (Fsp3) is 0.462. The lowest BCUT2D eigenvalue weighted by atomic mass is 10.1. The van der Waals surface area contributed by atoms with Crippen molar-refractivity contribution in [3.63, 3.8) is 0 Å². The van der Waals surface area contributed by atoms with Gasteiger partial charge in [0.2, 0.25) is 0 Å². The molecule has 1 aromatic carbocycles. The summed E-state index contributed by atoms with van der Waals surface area (Å²) in [5, 5.41) is 15.8. The summed E-state index contributed by atoms with van der Waals surface area (Å²) in [4.78, 5) is 11.9. The molecule has 1 atom stereocenters. The summed E-state index contributed by atoms with van der Waals surface area (Å²) in [5.74, 6) is 0.240. The third-order valence-electron chi connectivity index (χ3n) is 3.12. The number of aromatic hydroxyl groups is 1. The predicted octanol–water partition coefficient (Wildman–Crippen LogP) is 1.30. The van der Waals surface area contributed by atoms with Crippen molar-refractivity contribution >= 4 is 18.3 Å². The van der Waals surface area contributed by atoms with Crippen LogP contribution in [0, 0.1) is 0 Å². The van der Waals surface area contributed by atoms with E-state index in [1.54, 1.807) is 6.07 Å². The standard InChI is InChI=1S/C13H18N2O3.ClH/c1-18-10-4-5-12(16)11(7-10)13(17)15-8-9-3-2-6-14-9;/h4-5,7,9,14,16H,2-3,6,8H2,1H3,(H,15,17);1H. The zero-order valence-electron chi connectivity index (χ0n) is 10.8. The summed E-state index contributed by atoms with van der Waals surface area (Å²) in [6, 6.07) is 4.94. The van der Waals surface area contributed by atoms with Gasteiger partial charge in [-0.05, 0) is 37.6 Å². The molecule has 1 saturated heterocycles. The lowest BCUT2D eigenvalue weighted by Gasteiger charge is -2.12. The Balaban J connectivity index is 0.00000180. The number of carbonyl (C=O) groups is 1. The first-order valence-electron chi connectivity index (χ1n) is 6.09. The van der Waals surface area contributed by atoms with Gasteiger partial charge in [0, 0.05) is 12.6 Å². The molecule has 1 amide bonds. The van der Waals surface area contributed by atoms with Crippen LogP contribution in [0.1, 0.15) is 23.2 Å². The Morgan fingerprint density at radius 1 is 1.58 bits per heavy atom. The SMILES string of the molecule is COc1ccc(O)c(C(=O)NCC2CCCN2)c1.Cl. The molecule has 6 heteroatoms. The van der Waals surface area contributed by atoms with Crippen molar-refractivity contribution in [1.82, 2.24) is 10.6 Å². The van der Waals surface area contributed by atoms with E-state index in [1.807, 2.05) is 0 Å². The normalized spacial score (nSPS) is 17.6. The highest BCUT2D eigenvalue weighted by Gasteiger charge is 2.17. The molecule has 3 N–H and O–H groups in total. The largest absolute Gasteiger partial charge is 0.507 e. The molecule has 1 unspecified atom stereocenters. The van der Waals surface area contributed by atoms with Gasteiger partial charge in [0.25, 0.3) is 5.91 Å². The zero-order valence-corrected chi connectivity index (χ0v) is 11.6. The molecule has 1 heterocycles. The van der Waals surface area contributed by atoms with Crippen LogP contribution < -0.4 is 15.4 Å². The van der Waals surface area contributed by atoms with Gasteiger partial charge in [-0.3, -0.25) is 4.79 Å². The highest BCUT2D eigenvalue weighted by molar-refractivity contribution is 5.97. The maximum atomic E-state index is 11.9. The van der Waals surface area contributed by atoms with Gasteiger partial charge in [0.1, 0.15) is 11.5 Å². The smallest absolute Gasteiger partial charge is 0.255 e. The summed E-state index contributed by atoms with van der Waals surface area (Å²) in [6.45, 7) is 1.58. The van der Waals surface area contributed by atoms with Crippen molar-refractivity contribution in [3.8, 4) is 11.5 Å². The van der Waals surface area contributed by atoms with E-state index in [-0.39, 0.29) is 29.6 Å². The van der Waals surface area contributed by atoms with Crippen molar-refractivity contribution in [2.75, 3.05) is 20.2 Å². The predicted molar refractivity (Wildman–Crippen MR) is 75.3 cm³/mol. The fourth-order valence-electron chi connectivity index (χ4n) is 2.07. The summed E-state index contributed by atoms with van der Waals surface area (Å²) in [6.07, 6.45) is 2.22. The second-order valence-corrected chi connectivity index (χ2v) is 4.39. The number of hydrogen-bond acceptors (Lipinski definition) is 4. The molecule has 0 aromatic heterocycles. The molecule has 1 fully saturated rings. The number of benzene rings is 1. The summed E-state index contributed by atoms with van der Waals surface area (Å²) < 4.78 is 5.03. The molecule has 0 aliphatic carbocycles. The lowest BCUT2D eigenvalue weighted by molar-refractivity contribution is 0.0947. The highest BCUT2D eigenvalue weighted by atomic mass is 35.5. The summed E-state index contributed by atoms with van der Waals surface area (Å²) in [7, 11) is 1.52. The van der Waals surface area contributed by atoms with Crippen LogP contribution in [0.3, 0.4) is 0 Å². The first-order chi connectivity index (χ1) is 8.70. The van der Waals surface area contributed by atoms with Crippen LogP contribution in [0.25, 0.3) is 0 Å². The highest BCUT2D eigenvalue weighted by Crippen LogP contribution is 2.22.